The minimum absolute atomic E-state index is 0.150. The number of piperidine rings is 1. The number of nitrogens with one attached hydrogen (secondary N) is 1. The number of carbonyl (C=O) groups is 1. The van der Waals surface area contributed by atoms with Gasteiger partial charge in [0.2, 0.25) is 11.9 Å². The van der Waals surface area contributed by atoms with Crippen LogP contribution in [0, 0.1) is 10.1 Å². The van der Waals surface area contributed by atoms with Gasteiger partial charge in [0.15, 0.2) is 0 Å². The molecule has 0 aliphatic carbocycles. The Morgan fingerprint density at radius 2 is 1.83 bits per heavy atom. The highest BCUT2D eigenvalue weighted by molar-refractivity contribution is 5.77. The number of ether oxygens (including phenoxy) is 1. The molecule has 2 atom stereocenters. The maximum atomic E-state index is 11.6. The molecule has 1 N–H and O–H groups in total. The van der Waals surface area contributed by atoms with Gasteiger partial charge in [-0.25, -0.2) is 0 Å². The molecule has 24 heavy (non-hydrogen) atoms. The van der Waals surface area contributed by atoms with Crippen LogP contribution in [-0.2, 0) is 11.4 Å². The number of rotatable bonds is 5. The van der Waals surface area contributed by atoms with Gasteiger partial charge in [-0.1, -0.05) is 42.5 Å². The van der Waals surface area contributed by atoms with Crippen LogP contribution in [0.1, 0.15) is 30.0 Å². The summed E-state index contributed by atoms with van der Waals surface area (Å²) in [6, 6.07) is 15.5. The van der Waals surface area contributed by atoms with E-state index in [4.69, 9.17) is 4.74 Å². The normalized spacial score (nSPS) is 20.2. The van der Waals surface area contributed by atoms with E-state index in [2.05, 4.69) is 5.32 Å². The van der Waals surface area contributed by atoms with Crippen molar-refractivity contribution in [1.29, 1.82) is 0 Å². The van der Waals surface area contributed by atoms with Gasteiger partial charge in [0.1, 0.15) is 18.4 Å². The summed E-state index contributed by atoms with van der Waals surface area (Å²) in [5, 5.41) is 13.9. The molecule has 6 nitrogen and oxygen atoms in total. The molecule has 0 radical (unpaired) electrons. The minimum atomic E-state index is -0.793. The Bertz CT molecular complexity index is 716. The Morgan fingerprint density at radius 3 is 2.50 bits per heavy atom. The first-order valence-corrected chi connectivity index (χ1v) is 7.83. The van der Waals surface area contributed by atoms with Gasteiger partial charge in [-0.2, -0.15) is 0 Å². The quantitative estimate of drug-likeness (QED) is 0.676. The number of amides is 1. The van der Waals surface area contributed by atoms with E-state index in [9.17, 15) is 14.9 Å². The zero-order chi connectivity index (χ0) is 16.9. The average molecular weight is 326 g/mol. The molecule has 0 bridgehead atoms. The molecule has 2 aromatic rings. The molecule has 0 unspecified atom stereocenters. The fraction of sp³-hybridized carbons (Fsp3) is 0.278. The van der Waals surface area contributed by atoms with Crippen molar-refractivity contribution < 1.29 is 14.5 Å². The van der Waals surface area contributed by atoms with Gasteiger partial charge >= 0.3 is 0 Å². The molecular formula is C18H18N2O4. The predicted octanol–water partition coefficient (Wildman–Crippen LogP) is 2.86. The average Bonchev–Trinajstić information content (AvgIpc) is 2.61. The summed E-state index contributed by atoms with van der Waals surface area (Å²) in [7, 11) is 0. The molecule has 124 valence electrons. The van der Waals surface area contributed by atoms with Crippen molar-refractivity contribution in [3.63, 3.8) is 0 Å². The SMILES string of the molecule is O=C1CC[C@H]([N+](=O)[O-])[C@H](c2ccc(OCc3ccccc3)cc2)N1. The highest BCUT2D eigenvalue weighted by Gasteiger charge is 2.37. The van der Waals surface area contributed by atoms with Crippen LogP contribution in [0.15, 0.2) is 54.6 Å². The van der Waals surface area contributed by atoms with Crippen LogP contribution >= 0.6 is 0 Å². The smallest absolute Gasteiger partial charge is 0.237 e. The second-order valence-electron chi connectivity index (χ2n) is 5.78. The van der Waals surface area contributed by atoms with Crippen molar-refractivity contribution in [1.82, 2.24) is 5.32 Å². The van der Waals surface area contributed by atoms with Crippen molar-refractivity contribution in [2.24, 2.45) is 0 Å². The van der Waals surface area contributed by atoms with E-state index in [1.807, 2.05) is 30.3 Å². The van der Waals surface area contributed by atoms with Crippen molar-refractivity contribution in [2.45, 2.75) is 31.5 Å². The fourth-order valence-corrected chi connectivity index (χ4v) is 2.83. The molecule has 1 saturated heterocycles. The maximum absolute atomic E-state index is 11.6. The monoisotopic (exact) mass is 326 g/mol. The van der Waals surface area contributed by atoms with Gasteiger partial charge < -0.3 is 10.1 Å². The largest absolute Gasteiger partial charge is 0.489 e. The Kier molecular flexibility index (Phi) is 4.74. The van der Waals surface area contributed by atoms with Crippen LogP contribution < -0.4 is 10.1 Å². The summed E-state index contributed by atoms with van der Waals surface area (Å²) < 4.78 is 5.71. The third kappa shape index (κ3) is 3.71. The number of benzene rings is 2. The van der Waals surface area contributed by atoms with Crippen molar-refractivity contribution in [3.05, 3.63) is 75.8 Å². The molecule has 1 aliphatic heterocycles. The number of hydrogen-bond donors (Lipinski definition) is 1. The molecule has 1 amide bonds. The van der Waals surface area contributed by atoms with Gasteiger partial charge in [-0.3, -0.25) is 14.9 Å². The first kappa shape index (κ1) is 16.0. The Labute approximate surface area is 139 Å². The van der Waals surface area contributed by atoms with E-state index >= 15 is 0 Å². The zero-order valence-electron chi connectivity index (χ0n) is 13.1. The number of hydrogen-bond acceptors (Lipinski definition) is 4. The molecule has 1 fully saturated rings. The van der Waals surface area contributed by atoms with Gasteiger partial charge in [0.05, 0.1) is 0 Å². The Hall–Kier alpha value is -2.89. The van der Waals surface area contributed by atoms with E-state index in [1.165, 1.54) is 0 Å². The van der Waals surface area contributed by atoms with Crippen molar-refractivity contribution in [2.75, 3.05) is 0 Å². The zero-order valence-corrected chi connectivity index (χ0v) is 13.1. The maximum Gasteiger partial charge on any atom is 0.237 e. The van der Waals surface area contributed by atoms with Gasteiger partial charge in [-0.15, -0.1) is 0 Å². The van der Waals surface area contributed by atoms with Gasteiger partial charge in [0.25, 0.3) is 0 Å². The molecular weight excluding hydrogens is 308 g/mol. The summed E-state index contributed by atoms with van der Waals surface area (Å²) in [5.41, 5.74) is 1.78. The van der Waals surface area contributed by atoms with E-state index in [0.29, 0.717) is 12.4 Å². The number of nitrogens with zero attached hydrogens (tertiary/aromatic N) is 1. The van der Waals surface area contributed by atoms with Crippen LogP contribution in [0.2, 0.25) is 0 Å². The standard InChI is InChI=1S/C18H18N2O4/c21-17-11-10-16(20(22)23)18(19-17)14-6-8-15(9-7-14)24-12-13-4-2-1-3-5-13/h1-9,16,18H,10-12H2,(H,19,21)/t16-,18-/m0/s1. The van der Waals surface area contributed by atoms with Crippen LogP contribution in [0.5, 0.6) is 5.75 Å². The molecule has 3 rings (SSSR count). The third-order valence-electron chi connectivity index (χ3n) is 4.13. The summed E-state index contributed by atoms with van der Waals surface area (Å²) in [5.74, 6) is 0.532. The van der Waals surface area contributed by atoms with Crippen LogP contribution in [0.4, 0.5) is 0 Å². The molecule has 6 heteroatoms. The van der Waals surface area contributed by atoms with E-state index in [-0.39, 0.29) is 23.7 Å². The first-order chi connectivity index (χ1) is 11.6. The molecule has 1 heterocycles. The Balaban J connectivity index is 1.68. The van der Waals surface area contributed by atoms with Crippen LogP contribution in [0.25, 0.3) is 0 Å². The molecule has 0 aromatic heterocycles. The van der Waals surface area contributed by atoms with Crippen LogP contribution in [-0.4, -0.2) is 16.9 Å². The molecule has 2 aromatic carbocycles. The van der Waals surface area contributed by atoms with E-state index in [0.717, 1.165) is 11.1 Å². The van der Waals surface area contributed by atoms with E-state index < -0.39 is 12.1 Å². The molecule has 1 aliphatic rings. The number of nitro groups is 1. The summed E-state index contributed by atoms with van der Waals surface area (Å²) in [4.78, 5) is 22.5. The fourth-order valence-electron chi connectivity index (χ4n) is 2.83. The van der Waals surface area contributed by atoms with Crippen molar-refractivity contribution in [3.8, 4) is 5.75 Å². The highest BCUT2D eigenvalue weighted by Crippen LogP contribution is 2.27. The first-order valence-electron chi connectivity index (χ1n) is 7.83. The van der Waals surface area contributed by atoms with Gasteiger partial charge in [-0.05, 0) is 23.3 Å². The lowest BCUT2D eigenvalue weighted by Gasteiger charge is -2.26. The third-order valence-corrected chi connectivity index (χ3v) is 4.13. The predicted molar refractivity (Wildman–Crippen MR) is 88.1 cm³/mol. The van der Waals surface area contributed by atoms with Crippen LogP contribution in [0.3, 0.4) is 0 Å². The summed E-state index contributed by atoms with van der Waals surface area (Å²) in [6.07, 6.45) is 0.455. The minimum Gasteiger partial charge on any atom is -0.489 e. The van der Waals surface area contributed by atoms with Crippen molar-refractivity contribution >= 4 is 5.91 Å². The highest BCUT2D eigenvalue weighted by atomic mass is 16.6. The van der Waals surface area contributed by atoms with E-state index in [1.54, 1.807) is 24.3 Å². The Morgan fingerprint density at radius 1 is 1.12 bits per heavy atom. The second-order valence-corrected chi connectivity index (χ2v) is 5.78. The lowest BCUT2D eigenvalue weighted by atomic mass is 9.92. The lowest BCUT2D eigenvalue weighted by molar-refractivity contribution is -0.529. The second kappa shape index (κ2) is 7.12. The molecule has 0 saturated carbocycles. The lowest BCUT2D eigenvalue weighted by Crippen LogP contribution is -2.45. The molecule has 0 spiro atoms. The topological polar surface area (TPSA) is 81.5 Å². The summed E-state index contributed by atoms with van der Waals surface area (Å²) in [6.45, 7) is 0.456. The number of carbonyl (C=O) groups excluding carboxylic acids is 1. The van der Waals surface area contributed by atoms with Gasteiger partial charge in [0, 0.05) is 17.8 Å². The summed E-state index contributed by atoms with van der Waals surface area (Å²) >= 11 is 0.